The van der Waals surface area contributed by atoms with Gasteiger partial charge in [0.2, 0.25) is 5.91 Å². The van der Waals surface area contributed by atoms with Gasteiger partial charge in [0.15, 0.2) is 5.78 Å². The van der Waals surface area contributed by atoms with Crippen molar-refractivity contribution in [3.8, 4) is 5.75 Å². The van der Waals surface area contributed by atoms with Crippen molar-refractivity contribution in [2.24, 2.45) is 0 Å². The van der Waals surface area contributed by atoms with Crippen LogP contribution in [-0.4, -0.2) is 35.3 Å². The molecule has 0 saturated carbocycles. The van der Waals surface area contributed by atoms with Crippen molar-refractivity contribution in [1.29, 1.82) is 0 Å². The first-order chi connectivity index (χ1) is 16.0. The lowest BCUT2D eigenvalue weighted by Crippen LogP contribution is -2.52. The van der Waals surface area contributed by atoms with Crippen LogP contribution in [0, 0.1) is 0 Å². The summed E-state index contributed by atoms with van der Waals surface area (Å²) >= 11 is 6.05. The third-order valence-electron chi connectivity index (χ3n) is 6.86. The molecule has 2 heterocycles. The van der Waals surface area contributed by atoms with E-state index in [1.54, 1.807) is 18.2 Å². The molecule has 0 N–H and O–H groups in total. The number of likely N-dealkylation sites (tertiary alicyclic amines) is 1. The molecule has 1 spiro atoms. The number of carbonyl (C=O) groups is 2. The first-order valence-electron chi connectivity index (χ1n) is 11.4. The van der Waals surface area contributed by atoms with Gasteiger partial charge < -0.3 is 9.64 Å². The highest BCUT2D eigenvalue weighted by molar-refractivity contribution is 6.31. The Labute approximate surface area is 199 Å². The van der Waals surface area contributed by atoms with Gasteiger partial charge in [-0.2, -0.15) is 0 Å². The average molecular weight is 460 g/mol. The Morgan fingerprint density at radius 3 is 2.15 bits per heavy atom. The number of ketones is 1. The van der Waals surface area contributed by atoms with Crippen molar-refractivity contribution in [1.82, 2.24) is 4.90 Å². The van der Waals surface area contributed by atoms with Crippen molar-refractivity contribution in [2.45, 2.75) is 37.2 Å². The van der Waals surface area contributed by atoms with E-state index in [-0.39, 0.29) is 17.6 Å². The van der Waals surface area contributed by atoms with Crippen LogP contribution in [0.25, 0.3) is 0 Å². The summed E-state index contributed by atoms with van der Waals surface area (Å²) in [5.41, 5.74) is 2.30. The standard InChI is InChI=1S/C28H26ClNO3/c29-22-11-12-26-24(17-22)25(31)19-28(33-26)13-15-30(16-14-28)27(32)18-23(20-7-3-1-4-8-20)21-9-5-2-6-10-21/h1-12,17,23H,13-16,18-19H2. The Balaban J connectivity index is 1.28. The van der Waals surface area contributed by atoms with Crippen LogP contribution in [0.15, 0.2) is 78.9 Å². The highest BCUT2D eigenvalue weighted by atomic mass is 35.5. The fraction of sp³-hybridized carbons (Fsp3) is 0.286. The zero-order valence-electron chi connectivity index (χ0n) is 18.4. The molecule has 0 radical (unpaired) electrons. The number of Topliss-reactive ketones (excluding diaryl/α,β-unsaturated/α-hetero) is 1. The van der Waals surface area contributed by atoms with Crippen LogP contribution in [-0.2, 0) is 4.79 Å². The van der Waals surface area contributed by atoms with Crippen LogP contribution in [0.5, 0.6) is 5.75 Å². The summed E-state index contributed by atoms with van der Waals surface area (Å²) in [6.45, 7) is 1.18. The van der Waals surface area contributed by atoms with Crippen molar-refractivity contribution in [3.05, 3.63) is 101 Å². The van der Waals surface area contributed by atoms with Gasteiger partial charge in [-0.05, 0) is 29.3 Å². The van der Waals surface area contributed by atoms with E-state index in [1.165, 1.54) is 0 Å². The fourth-order valence-corrected chi connectivity index (χ4v) is 5.18. The maximum Gasteiger partial charge on any atom is 0.223 e. The largest absolute Gasteiger partial charge is 0.486 e. The Hall–Kier alpha value is -3.11. The zero-order chi connectivity index (χ0) is 22.8. The van der Waals surface area contributed by atoms with Crippen molar-refractivity contribution in [2.75, 3.05) is 13.1 Å². The summed E-state index contributed by atoms with van der Waals surface area (Å²) in [6.07, 6.45) is 2.04. The number of hydrogen-bond acceptors (Lipinski definition) is 3. The van der Waals surface area contributed by atoms with Crippen LogP contribution in [0.2, 0.25) is 5.02 Å². The minimum absolute atomic E-state index is 0.0138. The summed E-state index contributed by atoms with van der Waals surface area (Å²) < 4.78 is 6.32. The number of halogens is 1. The molecule has 0 unspecified atom stereocenters. The molecule has 0 atom stereocenters. The number of nitrogens with zero attached hydrogens (tertiary/aromatic N) is 1. The summed E-state index contributed by atoms with van der Waals surface area (Å²) in [7, 11) is 0. The van der Waals surface area contributed by atoms with E-state index in [9.17, 15) is 9.59 Å². The molecule has 5 heteroatoms. The minimum atomic E-state index is -0.535. The van der Waals surface area contributed by atoms with Crippen molar-refractivity contribution in [3.63, 3.8) is 0 Å². The molecule has 0 bridgehead atoms. The number of benzene rings is 3. The molecule has 1 amide bonds. The number of carbonyl (C=O) groups excluding carboxylic acids is 2. The molecule has 4 nitrogen and oxygen atoms in total. The summed E-state index contributed by atoms with van der Waals surface area (Å²) in [6, 6.07) is 25.6. The van der Waals surface area contributed by atoms with E-state index in [2.05, 4.69) is 24.3 Å². The number of amides is 1. The normalized spacial score (nSPS) is 17.0. The molecule has 2 aliphatic rings. The predicted octanol–water partition coefficient (Wildman–Crippen LogP) is 5.89. The first-order valence-corrected chi connectivity index (χ1v) is 11.8. The highest BCUT2D eigenvalue weighted by Gasteiger charge is 2.43. The Morgan fingerprint density at radius 2 is 1.55 bits per heavy atom. The number of piperidine rings is 1. The van der Waals surface area contributed by atoms with Gasteiger partial charge in [-0.25, -0.2) is 0 Å². The number of ether oxygens (including phenoxy) is 1. The second-order valence-electron chi connectivity index (χ2n) is 8.98. The van der Waals surface area contributed by atoms with Crippen LogP contribution in [0.4, 0.5) is 0 Å². The molecule has 168 valence electrons. The maximum absolute atomic E-state index is 13.3. The Bertz CT molecular complexity index is 1110. The second-order valence-corrected chi connectivity index (χ2v) is 9.42. The summed E-state index contributed by atoms with van der Waals surface area (Å²) in [5.74, 6) is 0.812. The second kappa shape index (κ2) is 9.03. The topological polar surface area (TPSA) is 46.6 Å². The molecule has 1 saturated heterocycles. The molecular weight excluding hydrogens is 434 g/mol. The molecule has 3 aromatic carbocycles. The molecule has 0 aliphatic carbocycles. The van der Waals surface area contributed by atoms with Gasteiger partial charge in [0.25, 0.3) is 0 Å². The van der Waals surface area contributed by atoms with Crippen molar-refractivity contribution < 1.29 is 14.3 Å². The van der Waals surface area contributed by atoms with Gasteiger partial charge in [0.1, 0.15) is 11.4 Å². The molecule has 1 fully saturated rings. The third-order valence-corrected chi connectivity index (χ3v) is 7.10. The van der Waals surface area contributed by atoms with Crippen LogP contribution in [0.3, 0.4) is 0 Å². The molecule has 2 aliphatic heterocycles. The quantitative estimate of drug-likeness (QED) is 0.488. The van der Waals surface area contributed by atoms with Gasteiger partial charge in [-0.1, -0.05) is 72.3 Å². The highest BCUT2D eigenvalue weighted by Crippen LogP contribution is 2.40. The molecule has 5 rings (SSSR count). The number of hydrogen-bond donors (Lipinski definition) is 0. The van der Waals surface area contributed by atoms with Gasteiger partial charge in [-0.15, -0.1) is 0 Å². The Morgan fingerprint density at radius 1 is 0.939 bits per heavy atom. The molecule has 33 heavy (non-hydrogen) atoms. The lowest BCUT2D eigenvalue weighted by molar-refractivity contribution is -0.135. The van der Waals surface area contributed by atoms with E-state index in [0.29, 0.717) is 55.1 Å². The monoisotopic (exact) mass is 459 g/mol. The zero-order valence-corrected chi connectivity index (χ0v) is 19.1. The minimum Gasteiger partial charge on any atom is -0.486 e. The van der Waals surface area contributed by atoms with Gasteiger partial charge in [0.05, 0.1) is 12.0 Å². The van der Waals surface area contributed by atoms with Crippen molar-refractivity contribution >= 4 is 23.3 Å². The third kappa shape index (κ3) is 4.53. The van der Waals surface area contributed by atoms with Gasteiger partial charge >= 0.3 is 0 Å². The molecule has 0 aromatic heterocycles. The van der Waals surface area contributed by atoms with Crippen LogP contribution >= 0.6 is 11.6 Å². The van der Waals surface area contributed by atoms with E-state index in [0.717, 1.165) is 11.1 Å². The summed E-state index contributed by atoms with van der Waals surface area (Å²) in [5, 5.41) is 0.536. The predicted molar refractivity (Wildman–Crippen MR) is 129 cm³/mol. The number of fused-ring (bicyclic) bond motifs is 1. The SMILES string of the molecule is O=C1CC2(CCN(C(=O)CC(c3ccccc3)c3ccccc3)CC2)Oc2ccc(Cl)cc21. The van der Waals surface area contributed by atoms with E-state index in [4.69, 9.17) is 16.3 Å². The van der Waals surface area contributed by atoms with Crippen LogP contribution < -0.4 is 4.74 Å². The molecular formula is C28H26ClNO3. The maximum atomic E-state index is 13.3. The van der Waals surface area contributed by atoms with Crippen LogP contribution in [0.1, 0.15) is 53.1 Å². The fourth-order valence-electron chi connectivity index (χ4n) is 5.01. The summed E-state index contributed by atoms with van der Waals surface area (Å²) in [4.78, 5) is 28.0. The van der Waals surface area contributed by atoms with Gasteiger partial charge in [0, 0.05) is 43.3 Å². The average Bonchev–Trinajstić information content (AvgIpc) is 2.84. The first kappa shape index (κ1) is 21.7. The lowest BCUT2D eigenvalue weighted by Gasteiger charge is -2.44. The van der Waals surface area contributed by atoms with E-state index in [1.807, 2.05) is 41.3 Å². The Kier molecular flexibility index (Phi) is 5.94. The van der Waals surface area contributed by atoms with Gasteiger partial charge in [-0.3, -0.25) is 9.59 Å². The smallest absolute Gasteiger partial charge is 0.223 e. The number of rotatable bonds is 4. The van der Waals surface area contributed by atoms with E-state index < -0.39 is 5.60 Å². The van der Waals surface area contributed by atoms with E-state index >= 15 is 0 Å². The lowest BCUT2D eigenvalue weighted by atomic mass is 9.82. The molecule has 3 aromatic rings.